The molecule has 4 aromatic rings. The highest BCUT2D eigenvalue weighted by molar-refractivity contribution is 6.09. The Morgan fingerprint density at radius 1 is 0.920 bits per heavy atom. The number of furan rings is 1. The van der Waals surface area contributed by atoms with Crippen molar-refractivity contribution < 1.29 is 8.53 Å². The SMILES string of the molecule is [2H]c1cc(C([2H])(C)C)cc(-c2cccc3c2oc2cc(C([2H])(C)C)ccc23)n1. The summed E-state index contributed by atoms with van der Waals surface area (Å²) >= 11 is 0. The Kier molecular flexibility index (Phi) is 3.07. The van der Waals surface area contributed by atoms with E-state index in [4.69, 9.17) is 8.53 Å². The van der Waals surface area contributed by atoms with Gasteiger partial charge >= 0.3 is 0 Å². The minimum atomic E-state index is -0.816. The maximum absolute atomic E-state index is 8.31. The van der Waals surface area contributed by atoms with Gasteiger partial charge in [0.05, 0.1) is 7.06 Å². The van der Waals surface area contributed by atoms with Crippen LogP contribution in [0.5, 0.6) is 0 Å². The molecule has 0 amide bonds. The summed E-state index contributed by atoms with van der Waals surface area (Å²) in [5.74, 6) is -1.52. The summed E-state index contributed by atoms with van der Waals surface area (Å²) in [6.07, 6.45) is 0.138. The molecule has 2 heteroatoms. The second-order valence-corrected chi connectivity index (χ2v) is 6.87. The second-order valence-electron chi connectivity index (χ2n) is 6.87. The van der Waals surface area contributed by atoms with E-state index in [-0.39, 0.29) is 6.17 Å². The third-order valence-electron chi connectivity index (χ3n) is 4.63. The van der Waals surface area contributed by atoms with Gasteiger partial charge in [-0.15, -0.1) is 0 Å². The Bertz CT molecular complexity index is 1200. The average molecular weight is 332 g/mol. The van der Waals surface area contributed by atoms with Crippen LogP contribution >= 0.6 is 0 Å². The zero-order valence-electron chi connectivity index (χ0n) is 18.0. The van der Waals surface area contributed by atoms with Gasteiger partial charge in [0.2, 0.25) is 0 Å². The number of rotatable bonds is 3. The fourth-order valence-corrected chi connectivity index (χ4v) is 3.13. The average Bonchev–Trinajstić information content (AvgIpc) is 2.97. The molecule has 0 atom stereocenters. The minimum absolute atomic E-state index is 0.138. The van der Waals surface area contributed by atoms with Crippen LogP contribution in [-0.2, 0) is 0 Å². The van der Waals surface area contributed by atoms with Crippen molar-refractivity contribution in [3.8, 4) is 11.3 Å². The Balaban J connectivity index is 1.97. The molecule has 0 fully saturated rings. The monoisotopic (exact) mass is 332 g/mol. The molecule has 4 rings (SSSR count). The minimum Gasteiger partial charge on any atom is -0.455 e. The van der Waals surface area contributed by atoms with Crippen molar-refractivity contribution in [2.75, 3.05) is 0 Å². The molecular formula is C23H23NO. The van der Waals surface area contributed by atoms with Crippen molar-refractivity contribution in [2.45, 2.75) is 39.5 Å². The van der Waals surface area contributed by atoms with Gasteiger partial charge in [0.1, 0.15) is 11.2 Å². The van der Waals surface area contributed by atoms with E-state index in [0.29, 0.717) is 11.3 Å². The molecule has 0 saturated carbocycles. The number of fused-ring (bicyclic) bond motifs is 3. The molecule has 0 aliphatic heterocycles. The largest absolute Gasteiger partial charge is 0.455 e. The maximum Gasteiger partial charge on any atom is 0.144 e. The van der Waals surface area contributed by atoms with Crippen LogP contribution in [0.2, 0.25) is 0 Å². The topological polar surface area (TPSA) is 26.0 Å². The lowest BCUT2D eigenvalue weighted by atomic mass is 9.99. The smallest absolute Gasteiger partial charge is 0.144 e. The predicted molar refractivity (Wildman–Crippen MR) is 105 cm³/mol. The fraction of sp³-hybridized carbons (Fsp3) is 0.261. The first kappa shape index (κ1) is 12.7. The predicted octanol–water partition coefficient (Wildman–Crippen LogP) is 6.89. The molecule has 0 radical (unpaired) electrons. The number of nitrogens with zero attached hydrogens (tertiary/aromatic N) is 1. The molecule has 25 heavy (non-hydrogen) atoms. The molecule has 0 aliphatic carbocycles. The van der Waals surface area contributed by atoms with Crippen LogP contribution in [0.4, 0.5) is 0 Å². The number of benzene rings is 2. The van der Waals surface area contributed by atoms with Crippen LogP contribution in [0.25, 0.3) is 33.2 Å². The summed E-state index contributed by atoms with van der Waals surface area (Å²) in [4.78, 5) is 4.39. The van der Waals surface area contributed by atoms with E-state index in [1.165, 1.54) is 0 Å². The summed E-state index contributed by atoms with van der Waals surface area (Å²) in [6, 6.07) is 15.3. The van der Waals surface area contributed by atoms with Crippen LogP contribution in [-0.4, -0.2) is 4.98 Å². The van der Waals surface area contributed by atoms with E-state index < -0.39 is 11.8 Å². The van der Waals surface area contributed by atoms with Crippen LogP contribution < -0.4 is 0 Å². The molecule has 2 aromatic heterocycles. The standard InChI is InChI=1S/C23H23NO/c1-14(2)16-8-9-18-19-6-5-7-20(23(19)25-22(18)13-16)21-12-17(15(3)4)10-11-24-21/h5-15H,1-4H3/i11D,14D,15D. The third-order valence-corrected chi connectivity index (χ3v) is 4.63. The van der Waals surface area contributed by atoms with Crippen LogP contribution in [0.1, 0.15) is 54.7 Å². The highest BCUT2D eigenvalue weighted by Crippen LogP contribution is 2.36. The van der Waals surface area contributed by atoms with Gasteiger partial charge in [-0.2, -0.15) is 0 Å². The summed E-state index contributed by atoms with van der Waals surface area (Å²) in [7, 11) is 0. The lowest BCUT2D eigenvalue weighted by molar-refractivity contribution is 0.668. The highest BCUT2D eigenvalue weighted by Gasteiger charge is 2.14. The first-order valence-electron chi connectivity index (χ1n) is 9.99. The van der Waals surface area contributed by atoms with E-state index in [2.05, 4.69) is 4.98 Å². The van der Waals surface area contributed by atoms with E-state index in [9.17, 15) is 0 Å². The van der Waals surface area contributed by atoms with Gasteiger partial charge in [-0.05, 0) is 47.2 Å². The first-order chi connectivity index (χ1) is 13.0. The summed E-state index contributed by atoms with van der Waals surface area (Å²) in [6.45, 7) is 7.32. The quantitative estimate of drug-likeness (QED) is 0.408. The van der Waals surface area contributed by atoms with Crippen molar-refractivity contribution >= 4 is 21.9 Å². The van der Waals surface area contributed by atoms with Gasteiger partial charge in [-0.1, -0.05) is 52.0 Å². The highest BCUT2D eigenvalue weighted by atomic mass is 16.3. The molecular weight excluding hydrogens is 306 g/mol. The van der Waals surface area contributed by atoms with Crippen molar-refractivity contribution in [3.63, 3.8) is 0 Å². The lowest BCUT2D eigenvalue weighted by Gasteiger charge is -2.07. The van der Waals surface area contributed by atoms with Gasteiger partial charge in [0.25, 0.3) is 0 Å². The van der Waals surface area contributed by atoms with Gasteiger partial charge in [-0.3, -0.25) is 4.98 Å². The van der Waals surface area contributed by atoms with E-state index in [1.807, 2.05) is 56.3 Å². The van der Waals surface area contributed by atoms with Gasteiger partial charge in [-0.25, -0.2) is 0 Å². The molecule has 0 unspecified atom stereocenters. The molecule has 2 aromatic carbocycles. The number of hydrogen-bond acceptors (Lipinski definition) is 2. The molecule has 2 heterocycles. The first-order valence-corrected chi connectivity index (χ1v) is 8.49. The molecule has 0 spiro atoms. The summed E-state index contributed by atoms with van der Waals surface area (Å²) < 4.78 is 30.9. The van der Waals surface area contributed by atoms with Gasteiger partial charge in [0.15, 0.2) is 0 Å². The lowest BCUT2D eigenvalue weighted by Crippen LogP contribution is -1.90. The molecule has 0 saturated heterocycles. The molecule has 2 nitrogen and oxygen atoms in total. The number of hydrogen-bond donors (Lipinski definition) is 0. The van der Waals surface area contributed by atoms with Crippen molar-refractivity contribution in [1.29, 1.82) is 0 Å². The molecule has 126 valence electrons. The third kappa shape index (κ3) is 2.72. The molecule has 0 N–H and O–H groups in total. The molecule has 0 aliphatic rings. The van der Waals surface area contributed by atoms with Crippen LogP contribution in [0.15, 0.2) is 59.1 Å². The fourth-order valence-electron chi connectivity index (χ4n) is 3.13. The van der Waals surface area contributed by atoms with Crippen molar-refractivity contribution in [1.82, 2.24) is 4.98 Å². The zero-order valence-corrected chi connectivity index (χ0v) is 15.0. The van der Waals surface area contributed by atoms with Crippen molar-refractivity contribution in [3.05, 3.63) is 65.8 Å². The number of pyridine rings is 1. The van der Waals surface area contributed by atoms with Crippen LogP contribution in [0.3, 0.4) is 0 Å². The number of aromatic nitrogens is 1. The Hall–Kier alpha value is -2.61. The Morgan fingerprint density at radius 3 is 2.44 bits per heavy atom. The number of para-hydroxylation sites is 1. The van der Waals surface area contributed by atoms with Crippen LogP contribution in [0, 0.1) is 0 Å². The second kappa shape index (κ2) is 6.03. The van der Waals surface area contributed by atoms with Gasteiger partial charge < -0.3 is 4.42 Å². The Morgan fingerprint density at radius 2 is 1.68 bits per heavy atom. The molecule has 0 bridgehead atoms. The normalized spacial score (nSPS) is 14.5. The maximum atomic E-state index is 8.31. The summed E-state index contributed by atoms with van der Waals surface area (Å²) in [5, 5.41) is 1.97. The van der Waals surface area contributed by atoms with Crippen molar-refractivity contribution in [2.24, 2.45) is 0 Å². The van der Waals surface area contributed by atoms with E-state index in [0.717, 1.165) is 33.0 Å². The Labute approximate surface area is 152 Å². The van der Waals surface area contributed by atoms with Gasteiger partial charge in [0, 0.05) is 25.3 Å². The van der Waals surface area contributed by atoms with E-state index >= 15 is 0 Å². The summed E-state index contributed by atoms with van der Waals surface area (Å²) in [5.41, 5.74) is 4.53. The zero-order chi connectivity index (χ0) is 20.3. The van der Waals surface area contributed by atoms with E-state index in [1.54, 1.807) is 19.9 Å².